The number of carboxylic acid groups (broad SMARTS) is 1. The minimum absolute atomic E-state index is 0.284. The molecule has 0 fully saturated rings. The van der Waals surface area contributed by atoms with Gasteiger partial charge in [-0.1, -0.05) is 0 Å². The Morgan fingerprint density at radius 3 is 2.47 bits per heavy atom. The monoisotopic (exact) mass is 210 g/mol. The first-order valence-electron chi connectivity index (χ1n) is 4.53. The first-order valence-corrected chi connectivity index (χ1v) is 4.53. The fourth-order valence-electron chi connectivity index (χ4n) is 1.30. The number of hydrogen-bond donors (Lipinski definition) is 1. The lowest BCUT2D eigenvalue weighted by Gasteiger charge is -2.15. The van der Waals surface area contributed by atoms with E-state index in [2.05, 4.69) is 0 Å². The summed E-state index contributed by atoms with van der Waals surface area (Å²) >= 11 is 0. The van der Waals surface area contributed by atoms with Crippen LogP contribution in [0.15, 0.2) is 12.1 Å². The van der Waals surface area contributed by atoms with Crippen molar-refractivity contribution in [3.8, 4) is 0 Å². The smallest absolute Gasteiger partial charge is 0.323 e. The number of amides is 1. The number of aliphatic carboxylic acids is 1. The molecule has 0 aromatic carbocycles. The first kappa shape index (κ1) is 11.3. The second-order valence-corrected chi connectivity index (χ2v) is 3.47. The van der Waals surface area contributed by atoms with E-state index in [9.17, 15) is 9.59 Å². The number of nitrogens with zero attached hydrogens (tertiary/aromatic N) is 2. The van der Waals surface area contributed by atoms with Crippen LogP contribution in [0.2, 0.25) is 0 Å². The highest BCUT2D eigenvalue weighted by molar-refractivity contribution is 5.94. The van der Waals surface area contributed by atoms with Crippen molar-refractivity contribution >= 4 is 11.9 Å². The number of carbonyl (C=O) groups is 2. The normalized spacial score (nSPS) is 10.1. The molecule has 0 spiro atoms. The zero-order valence-corrected chi connectivity index (χ0v) is 9.02. The molecule has 0 aliphatic carbocycles. The molecule has 0 aliphatic heterocycles. The Balaban J connectivity index is 2.85. The second kappa shape index (κ2) is 4.16. The first-order chi connectivity index (χ1) is 6.93. The Hall–Kier alpha value is -1.78. The van der Waals surface area contributed by atoms with Gasteiger partial charge in [0.05, 0.1) is 0 Å². The SMILES string of the molecule is Cc1ccc(C(=O)N(C)CC(=O)O)n1C. The number of likely N-dealkylation sites (N-methyl/N-ethyl adjacent to an activating group) is 1. The van der Waals surface area contributed by atoms with E-state index in [1.807, 2.05) is 13.0 Å². The Morgan fingerprint density at radius 2 is 2.07 bits per heavy atom. The minimum atomic E-state index is -1.02. The molecule has 1 rings (SSSR count). The van der Waals surface area contributed by atoms with Gasteiger partial charge in [-0.3, -0.25) is 9.59 Å². The number of rotatable bonds is 3. The maximum absolute atomic E-state index is 11.8. The quantitative estimate of drug-likeness (QED) is 0.789. The van der Waals surface area contributed by atoms with E-state index in [-0.39, 0.29) is 12.5 Å². The van der Waals surface area contributed by atoms with Gasteiger partial charge >= 0.3 is 5.97 Å². The maximum atomic E-state index is 11.8. The second-order valence-electron chi connectivity index (χ2n) is 3.47. The summed E-state index contributed by atoms with van der Waals surface area (Å²) in [5.74, 6) is -1.30. The van der Waals surface area contributed by atoms with Crippen LogP contribution in [0, 0.1) is 6.92 Å². The van der Waals surface area contributed by atoms with Gasteiger partial charge < -0.3 is 14.6 Å². The lowest BCUT2D eigenvalue weighted by molar-refractivity contribution is -0.137. The average molecular weight is 210 g/mol. The van der Waals surface area contributed by atoms with Gasteiger partial charge in [0.25, 0.3) is 5.91 Å². The van der Waals surface area contributed by atoms with Crippen LogP contribution < -0.4 is 0 Å². The van der Waals surface area contributed by atoms with Crippen LogP contribution >= 0.6 is 0 Å². The van der Waals surface area contributed by atoms with Crippen LogP contribution in [0.25, 0.3) is 0 Å². The van der Waals surface area contributed by atoms with Crippen molar-refractivity contribution in [3.05, 3.63) is 23.5 Å². The van der Waals surface area contributed by atoms with Crippen LogP contribution in [0.5, 0.6) is 0 Å². The Labute approximate surface area is 87.9 Å². The predicted molar refractivity (Wildman–Crippen MR) is 54.7 cm³/mol. The van der Waals surface area contributed by atoms with Gasteiger partial charge in [-0.2, -0.15) is 0 Å². The van der Waals surface area contributed by atoms with Crippen LogP contribution in [0.1, 0.15) is 16.2 Å². The van der Waals surface area contributed by atoms with E-state index in [1.54, 1.807) is 17.7 Å². The zero-order chi connectivity index (χ0) is 11.6. The molecular weight excluding hydrogens is 196 g/mol. The fraction of sp³-hybridized carbons (Fsp3) is 0.400. The topological polar surface area (TPSA) is 62.5 Å². The standard InChI is InChI=1S/C10H14N2O3/c1-7-4-5-8(12(7)3)10(15)11(2)6-9(13)14/h4-5H,6H2,1-3H3,(H,13,14). The van der Waals surface area contributed by atoms with Crippen molar-refractivity contribution in [1.29, 1.82) is 0 Å². The summed E-state index contributed by atoms with van der Waals surface area (Å²) in [5, 5.41) is 8.55. The minimum Gasteiger partial charge on any atom is -0.480 e. The Bertz CT molecular complexity index is 395. The van der Waals surface area contributed by atoms with E-state index in [0.29, 0.717) is 5.69 Å². The molecule has 1 amide bonds. The van der Waals surface area contributed by atoms with E-state index in [1.165, 1.54) is 11.9 Å². The van der Waals surface area contributed by atoms with Gasteiger partial charge in [-0.15, -0.1) is 0 Å². The van der Waals surface area contributed by atoms with Crippen molar-refractivity contribution in [3.63, 3.8) is 0 Å². The molecular formula is C10H14N2O3. The van der Waals surface area contributed by atoms with Crippen LogP contribution in [-0.4, -0.2) is 40.0 Å². The van der Waals surface area contributed by atoms with E-state index < -0.39 is 5.97 Å². The number of aromatic nitrogens is 1. The number of hydrogen-bond acceptors (Lipinski definition) is 2. The number of carboxylic acids is 1. The molecule has 0 bridgehead atoms. The molecule has 5 heteroatoms. The van der Waals surface area contributed by atoms with Gasteiger partial charge in [0.15, 0.2) is 0 Å². The van der Waals surface area contributed by atoms with Crippen molar-refractivity contribution < 1.29 is 14.7 Å². The third-order valence-electron chi connectivity index (χ3n) is 2.31. The van der Waals surface area contributed by atoms with E-state index >= 15 is 0 Å². The Morgan fingerprint density at radius 1 is 1.47 bits per heavy atom. The molecule has 0 saturated heterocycles. The third-order valence-corrected chi connectivity index (χ3v) is 2.31. The number of carbonyl (C=O) groups excluding carboxylic acids is 1. The maximum Gasteiger partial charge on any atom is 0.323 e. The largest absolute Gasteiger partial charge is 0.480 e. The van der Waals surface area contributed by atoms with Gasteiger partial charge in [-0.25, -0.2) is 0 Å². The summed E-state index contributed by atoms with van der Waals surface area (Å²) in [6.45, 7) is 1.59. The van der Waals surface area contributed by atoms with Crippen molar-refractivity contribution in [2.75, 3.05) is 13.6 Å². The summed E-state index contributed by atoms with van der Waals surface area (Å²) in [6, 6.07) is 3.51. The van der Waals surface area contributed by atoms with Crippen LogP contribution in [-0.2, 0) is 11.8 Å². The lowest BCUT2D eigenvalue weighted by Crippen LogP contribution is -2.33. The van der Waals surface area contributed by atoms with E-state index in [0.717, 1.165) is 5.69 Å². The van der Waals surface area contributed by atoms with Gasteiger partial charge in [0.2, 0.25) is 0 Å². The molecule has 0 saturated carbocycles. The molecule has 0 radical (unpaired) electrons. The molecule has 15 heavy (non-hydrogen) atoms. The molecule has 0 atom stereocenters. The van der Waals surface area contributed by atoms with Gasteiger partial charge in [0.1, 0.15) is 12.2 Å². The fourth-order valence-corrected chi connectivity index (χ4v) is 1.30. The highest BCUT2D eigenvalue weighted by Crippen LogP contribution is 2.08. The molecule has 5 nitrogen and oxygen atoms in total. The highest BCUT2D eigenvalue weighted by Gasteiger charge is 2.17. The van der Waals surface area contributed by atoms with Gasteiger partial charge in [0, 0.05) is 19.8 Å². The molecule has 1 heterocycles. The molecule has 0 aliphatic rings. The summed E-state index contributed by atoms with van der Waals surface area (Å²) in [7, 11) is 3.25. The van der Waals surface area contributed by atoms with Crippen LogP contribution in [0.4, 0.5) is 0 Å². The van der Waals surface area contributed by atoms with Gasteiger partial charge in [-0.05, 0) is 19.1 Å². The molecule has 1 aromatic rings. The molecule has 1 N–H and O–H groups in total. The van der Waals surface area contributed by atoms with E-state index in [4.69, 9.17) is 5.11 Å². The molecule has 82 valence electrons. The predicted octanol–water partition coefficient (Wildman–Crippen LogP) is 0.490. The summed E-state index contributed by atoms with van der Waals surface area (Å²) < 4.78 is 1.74. The van der Waals surface area contributed by atoms with Crippen molar-refractivity contribution in [2.24, 2.45) is 7.05 Å². The third kappa shape index (κ3) is 2.37. The van der Waals surface area contributed by atoms with Crippen LogP contribution in [0.3, 0.4) is 0 Å². The highest BCUT2D eigenvalue weighted by atomic mass is 16.4. The van der Waals surface area contributed by atoms with Crippen molar-refractivity contribution in [1.82, 2.24) is 9.47 Å². The summed E-state index contributed by atoms with van der Waals surface area (Å²) in [4.78, 5) is 23.4. The molecule has 0 unspecified atom stereocenters. The molecule has 1 aromatic heterocycles. The lowest BCUT2D eigenvalue weighted by atomic mass is 10.3. The Kier molecular flexibility index (Phi) is 3.14. The number of aryl methyl sites for hydroxylation is 1. The average Bonchev–Trinajstić information content (AvgIpc) is 2.45. The summed E-state index contributed by atoms with van der Waals surface area (Å²) in [6.07, 6.45) is 0. The summed E-state index contributed by atoms with van der Waals surface area (Å²) in [5.41, 5.74) is 1.46. The van der Waals surface area contributed by atoms with Crippen molar-refractivity contribution in [2.45, 2.75) is 6.92 Å². The zero-order valence-electron chi connectivity index (χ0n) is 9.02.